The largest absolute Gasteiger partial charge is 0.634 e. The Kier molecular flexibility index (Phi) is 9.73. The molecular weight excluding hydrogens is 137 g/mol. The van der Waals surface area contributed by atoms with Crippen LogP contribution in [0, 0.1) is 5.21 Å². The second-order valence-electron chi connectivity index (χ2n) is 1.14. The van der Waals surface area contributed by atoms with E-state index in [0.717, 1.165) is 0 Å². The van der Waals surface area contributed by atoms with Gasteiger partial charge in [0.05, 0.1) is 19.5 Å². The summed E-state index contributed by atoms with van der Waals surface area (Å²) in [6, 6.07) is 0. The number of alkyl halides is 1. The molecule has 0 fully saturated rings. The molecule has 1 unspecified atom stereocenters. The molecule has 0 saturated heterocycles. The van der Waals surface area contributed by atoms with Crippen LogP contribution >= 0.6 is 24.0 Å². The zero-order valence-corrected chi connectivity index (χ0v) is 5.68. The third-order valence-corrected chi connectivity index (χ3v) is 0.636. The second kappa shape index (κ2) is 6.50. The maximum absolute atomic E-state index is 9.96. The van der Waals surface area contributed by atoms with Gasteiger partial charge in [0.1, 0.15) is 0 Å². The highest BCUT2D eigenvalue weighted by Crippen LogP contribution is 1.61. The van der Waals surface area contributed by atoms with E-state index in [4.69, 9.17) is 11.6 Å². The summed E-state index contributed by atoms with van der Waals surface area (Å²) in [5.41, 5.74) is 0. The van der Waals surface area contributed by atoms with Crippen LogP contribution in [0.4, 0.5) is 0 Å². The van der Waals surface area contributed by atoms with Crippen LogP contribution in [0.1, 0.15) is 0 Å². The van der Waals surface area contributed by atoms with Crippen molar-refractivity contribution in [3.63, 3.8) is 0 Å². The lowest BCUT2D eigenvalue weighted by atomic mass is 10.8. The number of hydrogen-bond acceptors (Lipinski definition) is 1. The average Bonchev–Trinajstić information content (AvgIpc) is 1.35. The Labute approximate surface area is 54.4 Å². The molecule has 0 bridgehead atoms. The summed E-state index contributed by atoms with van der Waals surface area (Å²) < 4.78 is 0. The van der Waals surface area contributed by atoms with Crippen LogP contribution in [0.25, 0.3) is 0 Å². The van der Waals surface area contributed by atoms with E-state index in [-0.39, 0.29) is 17.5 Å². The fraction of sp³-hybridized carbons (Fsp3) is 1.00. The first kappa shape index (κ1) is 10.5. The molecule has 0 amide bonds. The van der Waals surface area contributed by atoms with Gasteiger partial charge in [-0.05, 0) is 0 Å². The molecule has 0 saturated carbocycles. The number of hydroxylamine groups is 2. The minimum Gasteiger partial charge on any atom is -0.634 e. The third kappa shape index (κ3) is 10.7. The predicted molar refractivity (Wildman–Crippen MR) is 33.1 cm³/mol. The molecule has 7 heavy (non-hydrogen) atoms. The highest BCUT2D eigenvalue weighted by atomic mass is 35.5. The van der Waals surface area contributed by atoms with Crippen molar-refractivity contribution in [2.75, 3.05) is 19.5 Å². The molecule has 0 heterocycles. The van der Waals surface area contributed by atoms with Crippen molar-refractivity contribution in [3.05, 3.63) is 5.21 Å². The molecule has 0 aromatic carbocycles. The monoisotopic (exact) mass is 145 g/mol. The number of rotatable bonds is 2. The maximum atomic E-state index is 9.96. The van der Waals surface area contributed by atoms with Crippen LogP contribution in [0.5, 0.6) is 0 Å². The molecule has 0 aliphatic rings. The highest BCUT2D eigenvalue weighted by Gasteiger charge is 1.79. The molecule has 2 nitrogen and oxygen atoms in total. The lowest BCUT2D eigenvalue weighted by Gasteiger charge is -2.12. The Balaban J connectivity index is 0. The van der Waals surface area contributed by atoms with Gasteiger partial charge >= 0.3 is 0 Å². The second-order valence-corrected chi connectivity index (χ2v) is 1.52. The van der Waals surface area contributed by atoms with Gasteiger partial charge in [0.25, 0.3) is 0 Å². The minimum atomic E-state index is 0. The number of nitrogens with one attached hydrogen (secondary N) is 1. The van der Waals surface area contributed by atoms with Crippen LogP contribution < -0.4 is 5.06 Å². The third-order valence-electron chi connectivity index (χ3n) is 0.447. The first-order valence-electron chi connectivity index (χ1n) is 1.82. The maximum Gasteiger partial charge on any atom is 0.0903 e. The minimum absolute atomic E-state index is 0. The van der Waals surface area contributed by atoms with E-state index in [1.54, 1.807) is 0 Å². The van der Waals surface area contributed by atoms with Crippen molar-refractivity contribution in [2.24, 2.45) is 0 Å². The number of quaternary nitrogens is 1. The fourth-order valence-corrected chi connectivity index (χ4v) is 0.399. The molecule has 0 spiro atoms. The van der Waals surface area contributed by atoms with Crippen molar-refractivity contribution in [2.45, 2.75) is 0 Å². The summed E-state index contributed by atoms with van der Waals surface area (Å²) in [4.78, 5) is 0. The van der Waals surface area contributed by atoms with Gasteiger partial charge in [-0.1, -0.05) is 0 Å². The van der Waals surface area contributed by atoms with E-state index in [9.17, 15) is 5.21 Å². The van der Waals surface area contributed by atoms with Gasteiger partial charge in [0.15, 0.2) is 0 Å². The Hall–Kier alpha value is 0.500. The number of halogens is 2. The van der Waals surface area contributed by atoms with Crippen LogP contribution in [0.3, 0.4) is 0 Å². The number of hydrogen-bond donors (Lipinski definition) is 1. The van der Waals surface area contributed by atoms with E-state index >= 15 is 0 Å². The molecule has 0 aromatic rings. The van der Waals surface area contributed by atoms with Crippen molar-refractivity contribution in [1.29, 1.82) is 0 Å². The summed E-state index contributed by atoms with van der Waals surface area (Å²) in [5.74, 6) is 0.454. The molecule has 1 N–H and O–H groups in total. The van der Waals surface area contributed by atoms with Gasteiger partial charge in [-0.2, -0.15) is 0 Å². The molecular formula is C3H9Cl2NO. The van der Waals surface area contributed by atoms with Gasteiger partial charge in [0.2, 0.25) is 0 Å². The summed E-state index contributed by atoms with van der Waals surface area (Å²) in [6.45, 7) is 0.502. The standard InChI is InChI=1S/C3H8ClNO.ClH/c1-5(6)3-2-4;/h5H,2-3H2,1H3;1H. The Morgan fingerprint density at radius 2 is 2.14 bits per heavy atom. The van der Waals surface area contributed by atoms with Gasteiger partial charge in [0, 0.05) is 0 Å². The molecule has 0 rings (SSSR count). The fourth-order valence-electron chi connectivity index (χ4n) is 0.133. The normalized spacial score (nSPS) is 12.4. The van der Waals surface area contributed by atoms with E-state index in [0.29, 0.717) is 12.4 Å². The lowest BCUT2D eigenvalue weighted by molar-refractivity contribution is -0.822. The molecule has 4 heteroatoms. The summed E-state index contributed by atoms with van der Waals surface area (Å²) in [6.07, 6.45) is 0. The van der Waals surface area contributed by atoms with Crippen LogP contribution in [0.2, 0.25) is 0 Å². The first-order valence-corrected chi connectivity index (χ1v) is 2.36. The predicted octanol–water partition coefficient (Wildman–Crippen LogP) is -0.340. The average molecular weight is 146 g/mol. The smallest absolute Gasteiger partial charge is 0.0903 e. The lowest BCUT2D eigenvalue weighted by Crippen LogP contribution is -3.04. The summed E-state index contributed by atoms with van der Waals surface area (Å²) in [7, 11) is 1.53. The van der Waals surface area contributed by atoms with Crippen LogP contribution in [0.15, 0.2) is 0 Å². The van der Waals surface area contributed by atoms with Gasteiger partial charge < -0.3 is 10.3 Å². The molecule has 0 radical (unpaired) electrons. The zero-order valence-electron chi connectivity index (χ0n) is 4.11. The topological polar surface area (TPSA) is 27.5 Å². The van der Waals surface area contributed by atoms with Crippen molar-refractivity contribution < 1.29 is 5.06 Å². The molecule has 0 aliphatic heterocycles. The van der Waals surface area contributed by atoms with Gasteiger partial charge in [-0.3, -0.25) is 0 Å². The van der Waals surface area contributed by atoms with Gasteiger partial charge in [-0.25, -0.2) is 0 Å². The molecule has 46 valence electrons. The Bertz CT molecular complexity index is 34.1. The van der Waals surface area contributed by atoms with E-state index in [1.165, 1.54) is 7.05 Å². The van der Waals surface area contributed by atoms with Crippen LogP contribution in [-0.4, -0.2) is 19.5 Å². The van der Waals surface area contributed by atoms with Gasteiger partial charge in [-0.15, -0.1) is 24.0 Å². The Morgan fingerprint density at radius 3 is 2.14 bits per heavy atom. The van der Waals surface area contributed by atoms with E-state index in [2.05, 4.69) is 0 Å². The molecule has 0 aromatic heterocycles. The molecule has 0 aliphatic carbocycles. The first-order chi connectivity index (χ1) is 2.77. The molecule has 1 atom stereocenters. The van der Waals surface area contributed by atoms with E-state index in [1.807, 2.05) is 0 Å². The highest BCUT2D eigenvalue weighted by molar-refractivity contribution is 6.17. The summed E-state index contributed by atoms with van der Waals surface area (Å²) >= 11 is 5.18. The van der Waals surface area contributed by atoms with Crippen molar-refractivity contribution in [1.82, 2.24) is 0 Å². The van der Waals surface area contributed by atoms with Crippen LogP contribution in [-0.2, 0) is 0 Å². The van der Waals surface area contributed by atoms with Crippen molar-refractivity contribution in [3.8, 4) is 0 Å². The summed E-state index contributed by atoms with van der Waals surface area (Å²) in [5, 5.41) is 10.1. The van der Waals surface area contributed by atoms with Crippen molar-refractivity contribution >= 4 is 24.0 Å². The quantitative estimate of drug-likeness (QED) is 0.418. The van der Waals surface area contributed by atoms with E-state index < -0.39 is 0 Å². The Morgan fingerprint density at radius 1 is 1.71 bits per heavy atom. The zero-order chi connectivity index (χ0) is 4.99. The SMILES string of the molecule is C[NH+]([O-])CCCl.Cl.